The monoisotopic (exact) mass is 313 g/mol. The maximum absolute atomic E-state index is 4.63. The van der Waals surface area contributed by atoms with E-state index >= 15 is 0 Å². The number of aromatic nitrogens is 2. The Morgan fingerprint density at radius 2 is 2.04 bits per heavy atom. The largest absolute Gasteiger partial charge is 0.357 e. The summed E-state index contributed by atoms with van der Waals surface area (Å²) < 4.78 is 1.95. The highest BCUT2D eigenvalue weighted by Gasteiger charge is 1.98. The Balaban J connectivity index is 1.71. The highest BCUT2D eigenvalue weighted by Crippen LogP contribution is 2.02. The van der Waals surface area contributed by atoms with E-state index < -0.39 is 0 Å². The Morgan fingerprint density at radius 1 is 1.22 bits per heavy atom. The van der Waals surface area contributed by atoms with Gasteiger partial charge in [-0.1, -0.05) is 30.3 Å². The van der Waals surface area contributed by atoms with Crippen molar-refractivity contribution < 1.29 is 0 Å². The van der Waals surface area contributed by atoms with E-state index in [1.807, 2.05) is 17.1 Å². The summed E-state index contributed by atoms with van der Waals surface area (Å²) in [6.45, 7) is 7.47. The van der Waals surface area contributed by atoms with Crippen LogP contribution in [0.15, 0.2) is 47.7 Å². The summed E-state index contributed by atoms with van der Waals surface area (Å²) in [6, 6.07) is 10.6. The van der Waals surface area contributed by atoms with Crippen LogP contribution in [-0.4, -0.2) is 35.4 Å². The highest BCUT2D eigenvalue weighted by molar-refractivity contribution is 5.79. The van der Waals surface area contributed by atoms with E-state index in [4.69, 9.17) is 0 Å². The topological polar surface area (TPSA) is 54.2 Å². The minimum absolute atomic E-state index is 0.811. The van der Waals surface area contributed by atoms with E-state index in [2.05, 4.69) is 64.9 Å². The Kier molecular flexibility index (Phi) is 7.17. The van der Waals surface area contributed by atoms with Gasteiger partial charge >= 0.3 is 0 Å². The molecule has 124 valence electrons. The van der Waals surface area contributed by atoms with Crippen LogP contribution in [0.5, 0.6) is 0 Å². The minimum Gasteiger partial charge on any atom is -0.357 e. The first-order valence-corrected chi connectivity index (χ1v) is 8.33. The Bertz CT molecular complexity index is 588. The first-order valence-electron chi connectivity index (χ1n) is 8.33. The van der Waals surface area contributed by atoms with Crippen LogP contribution in [0, 0.1) is 6.92 Å². The lowest BCUT2D eigenvalue weighted by Crippen LogP contribution is -2.39. The third kappa shape index (κ3) is 6.55. The van der Waals surface area contributed by atoms with Crippen molar-refractivity contribution in [2.24, 2.45) is 4.99 Å². The summed E-state index contributed by atoms with van der Waals surface area (Å²) in [4.78, 5) is 4.63. The fourth-order valence-electron chi connectivity index (χ4n) is 2.34. The van der Waals surface area contributed by atoms with Crippen molar-refractivity contribution in [2.75, 3.05) is 19.6 Å². The third-order valence-electron chi connectivity index (χ3n) is 3.48. The van der Waals surface area contributed by atoms with Crippen molar-refractivity contribution in [2.45, 2.75) is 33.2 Å². The molecule has 0 fully saturated rings. The van der Waals surface area contributed by atoms with Crippen LogP contribution in [0.4, 0.5) is 0 Å². The number of benzene rings is 1. The van der Waals surface area contributed by atoms with Crippen molar-refractivity contribution in [3.05, 3.63) is 53.9 Å². The van der Waals surface area contributed by atoms with Gasteiger partial charge in [-0.2, -0.15) is 5.10 Å². The average molecular weight is 313 g/mol. The zero-order valence-corrected chi connectivity index (χ0v) is 14.1. The molecule has 0 unspecified atom stereocenters. The number of aryl methyl sites for hydroxylation is 2. The highest BCUT2D eigenvalue weighted by atomic mass is 15.3. The molecule has 0 aliphatic rings. The summed E-state index contributed by atoms with van der Waals surface area (Å²) in [5, 5.41) is 10.9. The van der Waals surface area contributed by atoms with Crippen molar-refractivity contribution in [3.8, 4) is 0 Å². The summed E-state index contributed by atoms with van der Waals surface area (Å²) >= 11 is 0. The second-order valence-electron chi connectivity index (χ2n) is 5.56. The second-order valence-corrected chi connectivity index (χ2v) is 5.56. The molecule has 1 heterocycles. The molecule has 2 rings (SSSR count). The maximum Gasteiger partial charge on any atom is 0.191 e. The SMILES string of the molecule is CCNC(=NCCCc1ccccc1)NCCn1cc(C)cn1. The molecule has 0 aliphatic heterocycles. The zero-order chi connectivity index (χ0) is 16.3. The second kappa shape index (κ2) is 9.66. The van der Waals surface area contributed by atoms with Crippen LogP contribution < -0.4 is 10.6 Å². The van der Waals surface area contributed by atoms with Crippen molar-refractivity contribution in [3.63, 3.8) is 0 Å². The predicted octanol–water partition coefficient (Wildman–Crippen LogP) is 2.38. The van der Waals surface area contributed by atoms with Crippen molar-refractivity contribution in [1.82, 2.24) is 20.4 Å². The predicted molar refractivity (Wildman–Crippen MR) is 95.7 cm³/mol. The molecule has 2 aromatic rings. The van der Waals surface area contributed by atoms with Gasteiger partial charge in [-0.3, -0.25) is 9.67 Å². The van der Waals surface area contributed by atoms with E-state index in [9.17, 15) is 0 Å². The van der Waals surface area contributed by atoms with Gasteiger partial charge in [-0.05, 0) is 37.8 Å². The molecule has 0 saturated heterocycles. The van der Waals surface area contributed by atoms with Gasteiger partial charge < -0.3 is 10.6 Å². The molecule has 0 bridgehead atoms. The van der Waals surface area contributed by atoms with Gasteiger partial charge in [0.1, 0.15) is 0 Å². The van der Waals surface area contributed by atoms with Gasteiger partial charge in [0.2, 0.25) is 0 Å². The molecule has 0 aliphatic carbocycles. The fraction of sp³-hybridized carbons (Fsp3) is 0.444. The van der Waals surface area contributed by atoms with E-state index in [-0.39, 0.29) is 0 Å². The average Bonchev–Trinajstić information content (AvgIpc) is 2.98. The lowest BCUT2D eigenvalue weighted by atomic mass is 10.1. The van der Waals surface area contributed by atoms with Crippen LogP contribution in [0.2, 0.25) is 0 Å². The van der Waals surface area contributed by atoms with Gasteiger partial charge in [0.25, 0.3) is 0 Å². The van der Waals surface area contributed by atoms with Gasteiger partial charge in [0.15, 0.2) is 5.96 Å². The lowest BCUT2D eigenvalue weighted by molar-refractivity contribution is 0.597. The molecule has 0 saturated carbocycles. The van der Waals surface area contributed by atoms with Crippen LogP contribution >= 0.6 is 0 Å². The molecule has 5 nitrogen and oxygen atoms in total. The molecule has 0 atom stereocenters. The summed E-state index contributed by atoms with van der Waals surface area (Å²) in [6.07, 6.45) is 6.05. The molecule has 1 aromatic heterocycles. The fourth-order valence-corrected chi connectivity index (χ4v) is 2.34. The summed E-state index contributed by atoms with van der Waals surface area (Å²) in [5.41, 5.74) is 2.56. The molecule has 2 N–H and O–H groups in total. The number of guanidine groups is 1. The Labute approximate surface area is 138 Å². The molecule has 0 spiro atoms. The molecular weight excluding hydrogens is 286 g/mol. The molecule has 23 heavy (non-hydrogen) atoms. The number of nitrogens with one attached hydrogen (secondary N) is 2. The standard InChI is InChI=1S/C18H27N5/c1-3-19-18(21-12-13-23-15-16(2)14-22-23)20-11-7-10-17-8-5-4-6-9-17/h4-6,8-9,14-15H,3,7,10-13H2,1-2H3,(H2,19,20,21). The minimum atomic E-state index is 0.811. The first kappa shape index (κ1) is 17.1. The number of nitrogens with zero attached hydrogens (tertiary/aromatic N) is 3. The lowest BCUT2D eigenvalue weighted by Gasteiger charge is -2.11. The third-order valence-corrected chi connectivity index (χ3v) is 3.48. The first-order chi connectivity index (χ1) is 11.3. The quantitative estimate of drug-likeness (QED) is 0.447. The molecule has 0 amide bonds. The van der Waals surface area contributed by atoms with Crippen molar-refractivity contribution in [1.29, 1.82) is 0 Å². The molecule has 5 heteroatoms. The zero-order valence-electron chi connectivity index (χ0n) is 14.1. The smallest absolute Gasteiger partial charge is 0.191 e. The Hall–Kier alpha value is -2.30. The van der Waals surface area contributed by atoms with E-state index in [0.717, 1.165) is 45.0 Å². The van der Waals surface area contributed by atoms with Crippen LogP contribution in [0.25, 0.3) is 0 Å². The maximum atomic E-state index is 4.63. The van der Waals surface area contributed by atoms with E-state index in [0.29, 0.717) is 0 Å². The van der Waals surface area contributed by atoms with Crippen LogP contribution in [0.3, 0.4) is 0 Å². The van der Waals surface area contributed by atoms with Gasteiger partial charge in [-0.15, -0.1) is 0 Å². The number of hydrogen-bond acceptors (Lipinski definition) is 2. The molecule has 1 aromatic carbocycles. The van der Waals surface area contributed by atoms with E-state index in [1.165, 1.54) is 11.1 Å². The van der Waals surface area contributed by atoms with Gasteiger partial charge in [-0.25, -0.2) is 0 Å². The van der Waals surface area contributed by atoms with Gasteiger partial charge in [0, 0.05) is 25.8 Å². The van der Waals surface area contributed by atoms with Gasteiger partial charge in [0.05, 0.1) is 12.7 Å². The summed E-state index contributed by atoms with van der Waals surface area (Å²) in [7, 11) is 0. The van der Waals surface area contributed by atoms with E-state index in [1.54, 1.807) is 0 Å². The number of aliphatic imine (C=N–C) groups is 1. The van der Waals surface area contributed by atoms with Crippen LogP contribution in [-0.2, 0) is 13.0 Å². The normalized spacial score (nSPS) is 11.5. The Morgan fingerprint density at radius 3 is 2.74 bits per heavy atom. The van der Waals surface area contributed by atoms with Crippen LogP contribution in [0.1, 0.15) is 24.5 Å². The summed E-state index contributed by atoms with van der Waals surface area (Å²) in [5.74, 6) is 0.879. The number of hydrogen-bond donors (Lipinski definition) is 2. The van der Waals surface area contributed by atoms with Crippen molar-refractivity contribution >= 4 is 5.96 Å². The molecular formula is C18H27N5. The molecule has 0 radical (unpaired) electrons. The number of rotatable bonds is 8.